The van der Waals surface area contributed by atoms with E-state index in [1.54, 1.807) is 4.90 Å². The third-order valence-electron chi connectivity index (χ3n) is 5.20. The molecule has 31 heavy (non-hydrogen) atoms. The van der Waals surface area contributed by atoms with Gasteiger partial charge in [0.15, 0.2) is 22.8 Å². The van der Waals surface area contributed by atoms with Crippen LogP contribution < -0.4 is 9.80 Å². The second kappa shape index (κ2) is 8.55. The average molecular weight is 415 g/mol. The van der Waals surface area contributed by atoms with E-state index in [9.17, 15) is 4.79 Å². The van der Waals surface area contributed by atoms with Gasteiger partial charge in [-0.2, -0.15) is 0 Å². The predicted octanol–water partition coefficient (Wildman–Crippen LogP) is 3.92. The normalized spacial score (nSPS) is 11.0. The lowest BCUT2D eigenvalue weighted by molar-refractivity contribution is -0.119. The first kappa shape index (κ1) is 20.5. The molecule has 0 aliphatic heterocycles. The van der Waals surface area contributed by atoms with Gasteiger partial charge in [-0.05, 0) is 26.0 Å². The molecule has 2 aromatic carbocycles. The minimum atomic E-state index is -0.0117. The van der Waals surface area contributed by atoms with Crippen LogP contribution in [0.4, 0.5) is 11.5 Å². The molecule has 0 saturated heterocycles. The van der Waals surface area contributed by atoms with Gasteiger partial charge < -0.3 is 14.4 Å². The van der Waals surface area contributed by atoms with E-state index in [4.69, 9.17) is 15.0 Å². The van der Waals surface area contributed by atoms with Crippen LogP contribution in [-0.4, -0.2) is 46.1 Å². The molecule has 158 valence electrons. The van der Waals surface area contributed by atoms with Gasteiger partial charge in [0.1, 0.15) is 12.4 Å². The van der Waals surface area contributed by atoms with E-state index in [0.29, 0.717) is 23.5 Å². The summed E-state index contributed by atoms with van der Waals surface area (Å²) in [6, 6.07) is 19.6. The van der Waals surface area contributed by atoms with E-state index in [0.717, 1.165) is 22.9 Å². The Morgan fingerprint density at radius 1 is 0.935 bits per heavy atom. The van der Waals surface area contributed by atoms with Crippen LogP contribution in [0.3, 0.4) is 0 Å². The highest BCUT2D eigenvalue weighted by molar-refractivity contribution is 5.94. The number of aryl methyl sites for hydroxylation is 1. The second-order valence-electron chi connectivity index (χ2n) is 7.52. The van der Waals surface area contributed by atoms with E-state index in [1.165, 1.54) is 0 Å². The molecule has 4 rings (SSSR count). The standard InChI is InChI=1S/C24H26N6O/c1-5-29(19-14-10-7-11-15-19)20(31)16-30-17(2)25-21-23(28(3)4)26-22(27-24(21)30)18-12-8-6-9-13-18/h6-15H,5,16H2,1-4H3. The van der Waals surface area contributed by atoms with Gasteiger partial charge in [-0.25, -0.2) is 15.0 Å². The Morgan fingerprint density at radius 3 is 2.19 bits per heavy atom. The Balaban J connectivity index is 1.80. The van der Waals surface area contributed by atoms with Gasteiger partial charge in [0.05, 0.1) is 0 Å². The number of likely N-dealkylation sites (N-methyl/N-ethyl adjacent to an activating group) is 1. The Hall–Kier alpha value is -3.74. The number of imidazole rings is 1. The van der Waals surface area contributed by atoms with Crippen molar-refractivity contribution in [2.75, 3.05) is 30.4 Å². The number of rotatable bonds is 6. The van der Waals surface area contributed by atoms with Crippen molar-refractivity contribution in [3.8, 4) is 11.4 Å². The molecule has 0 aliphatic carbocycles. The largest absolute Gasteiger partial charge is 0.361 e. The molecule has 0 spiro atoms. The summed E-state index contributed by atoms with van der Waals surface area (Å²) < 4.78 is 1.88. The zero-order valence-corrected chi connectivity index (χ0v) is 18.3. The van der Waals surface area contributed by atoms with Gasteiger partial charge in [0, 0.05) is 31.9 Å². The van der Waals surface area contributed by atoms with Gasteiger partial charge >= 0.3 is 0 Å². The molecule has 0 unspecified atom stereocenters. The number of hydrogen-bond donors (Lipinski definition) is 0. The lowest BCUT2D eigenvalue weighted by Crippen LogP contribution is -2.34. The maximum atomic E-state index is 13.2. The third kappa shape index (κ3) is 3.99. The monoisotopic (exact) mass is 414 g/mol. The SMILES string of the molecule is CCN(C(=O)Cn1c(C)nc2c(N(C)C)nc(-c3ccccc3)nc21)c1ccccc1. The maximum absolute atomic E-state index is 13.2. The molecular weight excluding hydrogens is 388 g/mol. The fourth-order valence-corrected chi connectivity index (χ4v) is 3.64. The lowest BCUT2D eigenvalue weighted by atomic mass is 10.2. The van der Waals surface area contributed by atoms with Crippen LogP contribution in [0.5, 0.6) is 0 Å². The van der Waals surface area contributed by atoms with E-state index in [2.05, 4.69) is 0 Å². The zero-order valence-electron chi connectivity index (χ0n) is 18.3. The Labute approximate surface area is 182 Å². The molecule has 0 bridgehead atoms. The van der Waals surface area contributed by atoms with E-state index >= 15 is 0 Å². The molecular formula is C24H26N6O. The quantitative estimate of drug-likeness (QED) is 0.478. The van der Waals surface area contributed by atoms with E-state index in [1.807, 2.05) is 98.1 Å². The second-order valence-corrected chi connectivity index (χ2v) is 7.52. The summed E-state index contributed by atoms with van der Waals surface area (Å²) in [5.74, 6) is 2.06. The molecule has 0 atom stereocenters. The number of benzene rings is 2. The summed E-state index contributed by atoms with van der Waals surface area (Å²) in [5.41, 5.74) is 3.15. The minimum absolute atomic E-state index is 0.0117. The smallest absolute Gasteiger partial charge is 0.247 e. The average Bonchev–Trinajstić information content (AvgIpc) is 3.10. The van der Waals surface area contributed by atoms with Crippen LogP contribution >= 0.6 is 0 Å². The van der Waals surface area contributed by atoms with Gasteiger partial charge in [0.25, 0.3) is 0 Å². The van der Waals surface area contributed by atoms with Crippen molar-refractivity contribution >= 4 is 28.6 Å². The van der Waals surface area contributed by atoms with Crippen LogP contribution in [0.2, 0.25) is 0 Å². The van der Waals surface area contributed by atoms with Crippen molar-refractivity contribution in [3.63, 3.8) is 0 Å². The summed E-state index contributed by atoms with van der Waals surface area (Å²) in [6.07, 6.45) is 0. The molecule has 7 heteroatoms. The zero-order chi connectivity index (χ0) is 22.0. The Bertz CT molecular complexity index is 1200. The van der Waals surface area contributed by atoms with Gasteiger partial charge in [-0.15, -0.1) is 0 Å². The molecule has 7 nitrogen and oxygen atoms in total. The highest BCUT2D eigenvalue weighted by atomic mass is 16.2. The van der Waals surface area contributed by atoms with Crippen molar-refractivity contribution in [3.05, 3.63) is 66.5 Å². The molecule has 1 amide bonds. The molecule has 0 fully saturated rings. The third-order valence-corrected chi connectivity index (χ3v) is 5.20. The van der Waals surface area contributed by atoms with Crippen molar-refractivity contribution in [2.24, 2.45) is 0 Å². The maximum Gasteiger partial charge on any atom is 0.247 e. The van der Waals surface area contributed by atoms with Gasteiger partial charge in [0.2, 0.25) is 5.91 Å². The summed E-state index contributed by atoms with van der Waals surface area (Å²) in [4.78, 5) is 31.2. The molecule has 0 radical (unpaired) electrons. The fraction of sp³-hybridized carbons (Fsp3) is 0.250. The molecule has 4 aromatic rings. The predicted molar refractivity (Wildman–Crippen MR) is 124 cm³/mol. The summed E-state index contributed by atoms with van der Waals surface area (Å²) >= 11 is 0. The van der Waals surface area contributed by atoms with E-state index in [-0.39, 0.29) is 12.5 Å². The van der Waals surface area contributed by atoms with Crippen LogP contribution in [-0.2, 0) is 11.3 Å². The molecule has 2 aromatic heterocycles. The number of para-hydroxylation sites is 1. The number of aromatic nitrogens is 4. The molecule has 2 heterocycles. The van der Waals surface area contributed by atoms with Gasteiger partial charge in [-0.3, -0.25) is 4.79 Å². The lowest BCUT2D eigenvalue weighted by Gasteiger charge is -2.21. The van der Waals surface area contributed by atoms with E-state index < -0.39 is 0 Å². The number of carbonyl (C=O) groups excluding carboxylic acids is 1. The van der Waals surface area contributed by atoms with Crippen LogP contribution in [0.1, 0.15) is 12.7 Å². The van der Waals surface area contributed by atoms with Crippen molar-refractivity contribution in [1.82, 2.24) is 19.5 Å². The number of amides is 1. The molecule has 0 N–H and O–H groups in total. The number of carbonyl (C=O) groups is 1. The first-order valence-corrected chi connectivity index (χ1v) is 10.3. The fourth-order valence-electron chi connectivity index (χ4n) is 3.64. The number of anilines is 2. The van der Waals surface area contributed by atoms with Gasteiger partial charge in [-0.1, -0.05) is 48.5 Å². The number of fused-ring (bicyclic) bond motifs is 1. The first-order valence-electron chi connectivity index (χ1n) is 10.3. The van der Waals surface area contributed by atoms with Crippen molar-refractivity contribution < 1.29 is 4.79 Å². The summed E-state index contributed by atoms with van der Waals surface area (Å²) in [5, 5.41) is 0. The summed E-state index contributed by atoms with van der Waals surface area (Å²) in [7, 11) is 3.87. The van der Waals surface area contributed by atoms with Crippen molar-refractivity contribution in [2.45, 2.75) is 20.4 Å². The highest BCUT2D eigenvalue weighted by Crippen LogP contribution is 2.27. The Morgan fingerprint density at radius 2 is 1.58 bits per heavy atom. The van der Waals surface area contributed by atoms with Crippen LogP contribution in [0.25, 0.3) is 22.6 Å². The molecule has 0 saturated carbocycles. The number of nitrogens with zero attached hydrogens (tertiary/aromatic N) is 6. The highest BCUT2D eigenvalue weighted by Gasteiger charge is 2.21. The van der Waals surface area contributed by atoms with Crippen LogP contribution in [0, 0.1) is 6.92 Å². The minimum Gasteiger partial charge on any atom is -0.361 e. The molecule has 0 aliphatic rings. The topological polar surface area (TPSA) is 67.2 Å². The van der Waals surface area contributed by atoms with Crippen LogP contribution in [0.15, 0.2) is 60.7 Å². The Kier molecular flexibility index (Phi) is 5.66. The van der Waals surface area contributed by atoms with Crippen molar-refractivity contribution in [1.29, 1.82) is 0 Å². The summed E-state index contributed by atoms with van der Waals surface area (Å²) in [6.45, 7) is 4.61. The first-order chi connectivity index (χ1) is 15.0. The number of hydrogen-bond acceptors (Lipinski definition) is 5.